The number of carbonyl (C=O) groups excluding carboxylic acids is 1. The highest BCUT2D eigenvalue weighted by atomic mass is 79.9. The Morgan fingerprint density at radius 1 is 1.30 bits per heavy atom. The predicted molar refractivity (Wildman–Crippen MR) is 101 cm³/mol. The molecule has 7 nitrogen and oxygen atoms in total. The molecule has 1 N–H and O–H groups in total. The molecule has 0 aliphatic rings. The van der Waals surface area contributed by atoms with Gasteiger partial charge in [-0.15, -0.1) is 0 Å². The van der Waals surface area contributed by atoms with E-state index in [4.69, 9.17) is 0 Å². The molecule has 0 saturated heterocycles. The van der Waals surface area contributed by atoms with Gasteiger partial charge in [0.05, 0.1) is 15.9 Å². The number of anilines is 1. The zero-order valence-electron chi connectivity index (χ0n) is 14.1. The van der Waals surface area contributed by atoms with Crippen LogP contribution in [0, 0.1) is 22.9 Å². The molecule has 0 atom stereocenters. The Hall–Kier alpha value is -3.07. The molecule has 1 aromatic heterocycles. The SMILES string of the molecule is Cc1c(C(=O)Nc2nn(Cc3ccc(F)cc3)cc2Br)cccc1[N+](=O)[O-]. The highest BCUT2D eigenvalue weighted by Crippen LogP contribution is 2.24. The second kappa shape index (κ2) is 7.67. The number of nitrogens with zero attached hydrogens (tertiary/aromatic N) is 3. The fourth-order valence-electron chi connectivity index (χ4n) is 2.58. The van der Waals surface area contributed by atoms with E-state index in [9.17, 15) is 19.3 Å². The van der Waals surface area contributed by atoms with E-state index in [2.05, 4.69) is 26.3 Å². The summed E-state index contributed by atoms with van der Waals surface area (Å²) in [7, 11) is 0. The van der Waals surface area contributed by atoms with E-state index in [0.29, 0.717) is 11.0 Å². The maximum absolute atomic E-state index is 13.0. The van der Waals surface area contributed by atoms with E-state index in [1.807, 2.05) is 0 Å². The molecule has 138 valence electrons. The monoisotopic (exact) mass is 432 g/mol. The van der Waals surface area contributed by atoms with Gasteiger partial charge in [-0.05, 0) is 46.6 Å². The molecule has 3 aromatic rings. The first-order valence-corrected chi connectivity index (χ1v) is 8.67. The summed E-state index contributed by atoms with van der Waals surface area (Å²) >= 11 is 3.33. The van der Waals surface area contributed by atoms with Crippen LogP contribution in [-0.4, -0.2) is 20.6 Å². The molecule has 2 aromatic carbocycles. The lowest BCUT2D eigenvalue weighted by molar-refractivity contribution is -0.385. The second-order valence-corrected chi connectivity index (χ2v) is 6.66. The summed E-state index contributed by atoms with van der Waals surface area (Å²) in [6.45, 7) is 1.92. The number of carbonyl (C=O) groups is 1. The summed E-state index contributed by atoms with van der Waals surface area (Å²) in [5.74, 6) is -0.530. The Kier molecular flexibility index (Phi) is 5.31. The van der Waals surface area contributed by atoms with E-state index in [-0.39, 0.29) is 28.4 Å². The number of benzene rings is 2. The van der Waals surface area contributed by atoms with Crippen molar-refractivity contribution in [2.24, 2.45) is 0 Å². The minimum atomic E-state index is -0.528. The molecule has 0 saturated carbocycles. The topological polar surface area (TPSA) is 90.1 Å². The molecule has 0 aliphatic carbocycles. The van der Waals surface area contributed by atoms with Gasteiger partial charge in [-0.3, -0.25) is 19.6 Å². The van der Waals surface area contributed by atoms with Crippen molar-refractivity contribution >= 4 is 33.3 Å². The molecule has 0 bridgehead atoms. The van der Waals surface area contributed by atoms with Gasteiger partial charge in [0.1, 0.15) is 5.82 Å². The Labute approximate surface area is 162 Å². The van der Waals surface area contributed by atoms with Crippen molar-refractivity contribution in [3.05, 3.63) is 85.8 Å². The summed E-state index contributed by atoms with van der Waals surface area (Å²) in [6.07, 6.45) is 1.68. The second-order valence-electron chi connectivity index (χ2n) is 5.81. The Bertz CT molecular complexity index is 1020. The molecule has 0 fully saturated rings. The number of hydrogen-bond acceptors (Lipinski definition) is 4. The van der Waals surface area contributed by atoms with Gasteiger partial charge in [-0.2, -0.15) is 5.10 Å². The van der Waals surface area contributed by atoms with Crippen LogP contribution in [0.25, 0.3) is 0 Å². The number of hydrogen-bond donors (Lipinski definition) is 1. The van der Waals surface area contributed by atoms with Crippen molar-refractivity contribution < 1.29 is 14.1 Å². The average molecular weight is 433 g/mol. The summed E-state index contributed by atoms with van der Waals surface area (Å²) in [5.41, 5.74) is 1.20. The van der Waals surface area contributed by atoms with Crippen molar-refractivity contribution in [3.63, 3.8) is 0 Å². The summed E-state index contributed by atoms with van der Waals surface area (Å²) in [5, 5.41) is 18.0. The van der Waals surface area contributed by atoms with E-state index < -0.39 is 10.8 Å². The molecular formula is C18H14BrFN4O3. The highest BCUT2D eigenvalue weighted by molar-refractivity contribution is 9.10. The smallest absolute Gasteiger partial charge is 0.273 e. The average Bonchev–Trinajstić information content (AvgIpc) is 2.96. The molecule has 0 radical (unpaired) electrons. The number of nitrogens with one attached hydrogen (secondary N) is 1. The zero-order valence-corrected chi connectivity index (χ0v) is 15.7. The van der Waals surface area contributed by atoms with Crippen LogP contribution in [-0.2, 0) is 6.54 Å². The van der Waals surface area contributed by atoms with Crippen molar-refractivity contribution in [3.8, 4) is 0 Å². The fourth-order valence-corrected chi connectivity index (χ4v) is 3.00. The molecule has 1 amide bonds. The van der Waals surface area contributed by atoms with Gasteiger partial charge in [-0.1, -0.05) is 18.2 Å². The first kappa shape index (κ1) is 18.7. The Morgan fingerprint density at radius 2 is 2.00 bits per heavy atom. The van der Waals surface area contributed by atoms with Gasteiger partial charge < -0.3 is 5.32 Å². The number of rotatable bonds is 5. The van der Waals surface area contributed by atoms with Crippen molar-refractivity contribution in [1.82, 2.24) is 9.78 Å². The summed E-state index contributed by atoms with van der Waals surface area (Å²) < 4.78 is 15.1. The van der Waals surface area contributed by atoms with Crippen LogP contribution in [0.5, 0.6) is 0 Å². The van der Waals surface area contributed by atoms with Crippen LogP contribution >= 0.6 is 15.9 Å². The van der Waals surface area contributed by atoms with Crippen LogP contribution in [0.4, 0.5) is 15.9 Å². The van der Waals surface area contributed by atoms with Gasteiger partial charge in [0.25, 0.3) is 11.6 Å². The lowest BCUT2D eigenvalue weighted by Crippen LogP contribution is -2.15. The number of amides is 1. The number of nitro benzene ring substituents is 1. The minimum Gasteiger partial charge on any atom is -0.304 e. The van der Waals surface area contributed by atoms with Crippen LogP contribution < -0.4 is 5.32 Å². The Morgan fingerprint density at radius 3 is 2.67 bits per heavy atom. The predicted octanol–water partition coefficient (Wildman–Crippen LogP) is 4.30. The van der Waals surface area contributed by atoms with E-state index in [0.717, 1.165) is 5.56 Å². The summed E-state index contributed by atoms with van der Waals surface area (Å²) in [4.78, 5) is 23.0. The van der Waals surface area contributed by atoms with Gasteiger partial charge in [0.2, 0.25) is 0 Å². The van der Waals surface area contributed by atoms with Gasteiger partial charge in [0, 0.05) is 23.4 Å². The molecule has 0 spiro atoms. The van der Waals surface area contributed by atoms with E-state index in [1.54, 1.807) is 23.0 Å². The molecular weight excluding hydrogens is 419 g/mol. The normalized spacial score (nSPS) is 10.6. The standard InChI is InChI=1S/C18H14BrFN4O3/c1-11-14(3-2-4-16(11)24(26)27)18(25)21-17-15(19)10-23(22-17)9-12-5-7-13(20)8-6-12/h2-8,10H,9H2,1H3,(H,21,22,25). The van der Waals surface area contributed by atoms with Crippen LogP contribution in [0.2, 0.25) is 0 Å². The molecule has 27 heavy (non-hydrogen) atoms. The third-order valence-corrected chi connectivity index (χ3v) is 4.53. The lowest BCUT2D eigenvalue weighted by atomic mass is 10.1. The quantitative estimate of drug-likeness (QED) is 0.480. The number of nitro groups is 1. The molecule has 9 heteroatoms. The molecule has 1 heterocycles. The van der Waals surface area contributed by atoms with Gasteiger partial charge >= 0.3 is 0 Å². The van der Waals surface area contributed by atoms with Crippen molar-refractivity contribution in [1.29, 1.82) is 0 Å². The van der Waals surface area contributed by atoms with E-state index in [1.165, 1.54) is 37.3 Å². The Balaban J connectivity index is 1.79. The van der Waals surface area contributed by atoms with Crippen LogP contribution in [0.3, 0.4) is 0 Å². The minimum absolute atomic E-state index is 0.122. The largest absolute Gasteiger partial charge is 0.304 e. The van der Waals surface area contributed by atoms with Crippen molar-refractivity contribution in [2.45, 2.75) is 13.5 Å². The molecule has 0 aliphatic heterocycles. The number of halogens is 2. The maximum Gasteiger partial charge on any atom is 0.273 e. The fraction of sp³-hybridized carbons (Fsp3) is 0.111. The third-order valence-electron chi connectivity index (χ3n) is 3.95. The highest BCUT2D eigenvalue weighted by Gasteiger charge is 2.19. The van der Waals surface area contributed by atoms with Gasteiger partial charge in [0.15, 0.2) is 5.82 Å². The molecule has 0 unspecified atom stereocenters. The lowest BCUT2D eigenvalue weighted by Gasteiger charge is -2.06. The number of aromatic nitrogens is 2. The van der Waals surface area contributed by atoms with E-state index >= 15 is 0 Å². The third kappa shape index (κ3) is 4.20. The first-order chi connectivity index (χ1) is 12.8. The summed E-state index contributed by atoms with van der Waals surface area (Å²) in [6, 6.07) is 10.3. The van der Waals surface area contributed by atoms with Gasteiger partial charge in [-0.25, -0.2) is 4.39 Å². The zero-order chi connectivity index (χ0) is 19.6. The van der Waals surface area contributed by atoms with Crippen molar-refractivity contribution in [2.75, 3.05) is 5.32 Å². The maximum atomic E-state index is 13.0. The van der Waals surface area contributed by atoms with Crippen LogP contribution in [0.15, 0.2) is 53.1 Å². The molecule has 3 rings (SSSR count). The first-order valence-electron chi connectivity index (χ1n) is 7.88. The van der Waals surface area contributed by atoms with Crippen LogP contribution in [0.1, 0.15) is 21.5 Å².